The highest BCUT2D eigenvalue weighted by molar-refractivity contribution is 5.89. The molecule has 2 aromatic rings. The molecule has 0 saturated carbocycles. The summed E-state index contributed by atoms with van der Waals surface area (Å²) in [6.45, 7) is 5.78. The number of rotatable bonds is 2. The predicted octanol–water partition coefficient (Wildman–Crippen LogP) is 2.99. The van der Waals surface area contributed by atoms with E-state index in [0.29, 0.717) is 0 Å². The molecule has 3 nitrogen and oxygen atoms in total. The van der Waals surface area contributed by atoms with Gasteiger partial charge in [0.2, 0.25) is 0 Å². The van der Waals surface area contributed by atoms with Crippen LogP contribution in [-0.4, -0.2) is 36.6 Å². The number of aromatic amines is 1. The molecular weight excluding hydrogens is 236 g/mol. The highest BCUT2D eigenvalue weighted by Crippen LogP contribution is 2.31. The molecule has 0 radical (unpaired) electrons. The highest BCUT2D eigenvalue weighted by atomic mass is 16.5. The molecule has 0 aliphatic carbocycles. The number of benzene rings is 1. The lowest BCUT2D eigenvalue weighted by molar-refractivity contribution is 0.283. The quantitative estimate of drug-likeness (QED) is 0.897. The number of ether oxygens (including phenoxy) is 1. The maximum atomic E-state index is 5.47. The largest absolute Gasteiger partial charge is 0.495 e. The third-order valence-corrected chi connectivity index (χ3v) is 4.24. The Hall–Kier alpha value is -1.48. The topological polar surface area (TPSA) is 28.3 Å². The fraction of sp³-hybridized carbons (Fsp3) is 0.500. The first-order chi connectivity index (χ1) is 9.33. The lowest BCUT2D eigenvalue weighted by Gasteiger charge is -2.22. The average Bonchev–Trinajstić information content (AvgIpc) is 2.76. The molecule has 2 heterocycles. The Bertz CT molecular complexity index is 573. The number of nitrogens with zero attached hydrogens (tertiary/aromatic N) is 1. The van der Waals surface area contributed by atoms with E-state index in [9.17, 15) is 0 Å². The van der Waals surface area contributed by atoms with Crippen LogP contribution in [0, 0.1) is 0 Å². The molecule has 3 rings (SSSR count). The smallest absolute Gasteiger partial charge is 0.142 e. The predicted molar refractivity (Wildman–Crippen MR) is 79.0 cm³/mol. The molecule has 1 aromatic carbocycles. The fourth-order valence-corrected chi connectivity index (χ4v) is 3.15. The van der Waals surface area contributed by atoms with Gasteiger partial charge >= 0.3 is 0 Å². The number of likely N-dealkylation sites (N-methyl/N-ethyl adjacent to an activating group) is 1. The van der Waals surface area contributed by atoms with Gasteiger partial charge in [0.25, 0.3) is 0 Å². The first-order valence-corrected chi connectivity index (χ1v) is 7.22. The SMILES string of the molecule is CCN1CCCc2[nH]c3c(OC)cccc3c2CC1. The van der Waals surface area contributed by atoms with Crippen molar-refractivity contribution in [3.8, 4) is 5.75 Å². The molecule has 0 unspecified atom stereocenters. The third-order valence-electron chi connectivity index (χ3n) is 4.24. The zero-order valence-corrected chi connectivity index (χ0v) is 11.8. The number of nitrogens with one attached hydrogen (secondary N) is 1. The number of hydrogen-bond acceptors (Lipinski definition) is 2. The Balaban J connectivity index is 2.05. The van der Waals surface area contributed by atoms with E-state index in [1.165, 1.54) is 35.1 Å². The van der Waals surface area contributed by atoms with Gasteiger partial charge in [-0.1, -0.05) is 19.1 Å². The Morgan fingerprint density at radius 2 is 2.16 bits per heavy atom. The molecule has 0 atom stereocenters. The van der Waals surface area contributed by atoms with E-state index in [0.717, 1.165) is 31.7 Å². The number of methoxy groups -OCH3 is 1. The van der Waals surface area contributed by atoms with Gasteiger partial charge in [0.05, 0.1) is 12.6 Å². The van der Waals surface area contributed by atoms with Crippen LogP contribution in [0.25, 0.3) is 10.9 Å². The summed E-state index contributed by atoms with van der Waals surface area (Å²) in [5.41, 5.74) is 4.07. The molecular formula is C16H22N2O. The normalized spacial score (nSPS) is 16.9. The molecule has 1 aliphatic rings. The number of fused-ring (bicyclic) bond motifs is 3. The van der Waals surface area contributed by atoms with Gasteiger partial charge in [0.15, 0.2) is 0 Å². The first-order valence-electron chi connectivity index (χ1n) is 7.22. The zero-order valence-electron chi connectivity index (χ0n) is 11.8. The molecule has 1 aliphatic heterocycles. The number of aromatic nitrogens is 1. The highest BCUT2D eigenvalue weighted by Gasteiger charge is 2.17. The van der Waals surface area contributed by atoms with Gasteiger partial charge in [-0.2, -0.15) is 0 Å². The number of para-hydroxylation sites is 1. The molecule has 0 spiro atoms. The molecule has 0 amide bonds. The molecule has 1 N–H and O–H groups in total. The van der Waals surface area contributed by atoms with Crippen LogP contribution in [0.3, 0.4) is 0 Å². The monoisotopic (exact) mass is 258 g/mol. The van der Waals surface area contributed by atoms with Crippen LogP contribution in [0.4, 0.5) is 0 Å². The van der Waals surface area contributed by atoms with Crippen molar-refractivity contribution in [3.05, 3.63) is 29.5 Å². The van der Waals surface area contributed by atoms with Gasteiger partial charge in [0, 0.05) is 17.6 Å². The summed E-state index contributed by atoms with van der Waals surface area (Å²) >= 11 is 0. The van der Waals surface area contributed by atoms with E-state index in [1.54, 1.807) is 7.11 Å². The lowest BCUT2D eigenvalue weighted by Crippen LogP contribution is -2.29. The van der Waals surface area contributed by atoms with Crippen LogP contribution in [0.5, 0.6) is 5.75 Å². The van der Waals surface area contributed by atoms with Gasteiger partial charge in [-0.3, -0.25) is 0 Å². The van der Waals surface area contributed by atoms with E-state index in [4.69, 9.17) is 4.74 Å². The van der Waals surface area contributed by atoms with E-state index in [-0.39, 0.29) is 0 Å². The van der Waals surface area contributed by atoms with Gasteiger partial charge in [0.1, 0.15) is 5.75 Å². The minimum absolute atomic E-state index is 0.955. The Labute approximate surface area is 114 Å². The van der Waals surface area contributed by atoms with E-state index < -0.39 is 0 Å². The Morgan fingerprint density at radius 1 is 1.26 bits per heavy atom. The molecule has 19 heavy (non-hydrogen) atoms. The Kier molecular flexibility index (Phi) is 3.47. The summed E-state index contributed by atoms with van der Waals surface area (Å²) in [4.78, 5) is 6.14. The van der Waals surface area contributed by atoms with Crippen molar-refractivity contribution in [2.24, 2.45) is 0 Å². The summed E-state index contributed by atoms with van der Waals surface area (Å²) in [7, 11) is 1.74. The number of H-pyrrole nitrogens is 1. The number of hydrogen-bond donors (Lipinski definition) is 1. The van der Waals surface area contributed by atoms with Crippen LogP contribution in [0.2, 0.25) is 0 Å². The van der Waals surface area contributed by atoms with Crippen LogP contribution in [0.15, 0.2) is 18.2 Å². The lowest BCUT2D eigenvalue weighted by atomic mass is 10.0. The molecule has 1 aromatic heterocycles. The average molecular weight is 258 g/mol. The van der Waals surface area contributed by atoms with Crippen molar-refractivity contribution in [1.29, 1.82) is 0 Å². The van der Waals surface area contributed by atoms with Crippen molar-refractivity contribution in [1.82, 2.24) is 9.88 Å². The van der Waals surface area contributed by atoms with Crippen LogP contribution < -0.4 is 4.74 Å². The van der Waals surface area contributed by atoms with Gasteiger partial charge < -0.3 is 14.6 Å². The first kappa shape index (κ1) is 12.5. The van der Waals surface area contributed by atoms with Crippen molar-refractivity contribution < 1.29 is 4.74 Å². The molecule has 0 fully saturated rings. The van der Waals surface area contributed by atoms with Crippen LogP contribution in [0.1, 0.15) is 24.6 Å². The molecule has 0 bridgehead atoms. The van der Waals surface area contributed by atoms with Gasteiger partial charge in [-0.15, -0.1) is 0 Å². The minimum Gasteiger partial charge on any atom is -0.495 e. The molecule has 3 heteroatoms. The van der Waals surface area contributed by atoms with E-state index >= 15 is 0 Å². The molecule has 0 saturated heterocycles. The number of aryl methyl sites for hydroxylation is 1. The van der Waals surface area contributed by atoms with Crippen molar-refractivity contribution in [2.75, 3.05) is 26.7 Å². The van der Waals surface area contributed by atoms with Gasteiger partial charge in [-0.05, 0) is 44.0 Å². The second kappa shape index (κ2) is 5.25. The zero-order chi connectivity index (χ0) is 13.2. The second-order valence-corrected chi connectivity index (χ2v) is 5.25. The molecule has 102 valence electrons. The van der Waals surface area contributed by atoms with Crippen molar-refractivity contribution in [3.63, 3.8) is 0 Å². The second-order valence-electron chi connectivity index (χ2n) is 5.25. The third kappa shape index (κ3) is 2.23. The fourth-order valence-electron chi connectivity index (χ4n) is 3.15. The van der Waals surface area contributed by atoms with Crippen LogP contribution in [-0.2, 0) is 12.8 Å². The van der Waals surface area contributed by atoms with E-state index in [2.05, 4.69) is 28.9 Å². The standard InChI is InChI=1S/C16H22N2O/c1-3-18-10-5-7-14-12(9-11-18)13-6-4-8-15(19-2)16(13)17-14/h4,6,8,17H,3,5,7,9-11H2,1-2H3. The Morgan fingerprint density at radius 3 is 2.95 bits per heavy atom. The summed E-state index contributed by atoms with van der Waals surface area (Å²) in [5.74, 6) is 0.955. The minimum atomic E-state index is 0.955. The van der Waals surface area contributed by atoms with Crippen molar-refractivity contribution in [2.45, 2.75) is 26.2 Å². The summed E-state index contributed by atoms with van der Waals surface area (Å²) in [5, 5.41) is 1.34. The van der Waals surface area contributed by atoms with Gasteiger partial charge in [-0.25, -0.2) is 0 Å². The summed E-state index contributed by atoms with van der Waals surface area (Å²) < 4.78 is 5.47. The summed E-state index contributed by atoms with van der Waals surface area (Å²) in [6.07, 6.45) is 3.51. The van der Waals surface area contributed by atoms with E-state index in [1.807, 2.05) is 6.07 Å². The van der Waals surface area contributed by atoms with Crippen molar-refractivity contribution >= 4 is 10.9 Å². The van der Waals surface area contributed by atoms with Crippen LogP contribution >= 0.6 is 0 Å². The maximum absolute atomic E-state index is 5.47. The summed E-state index contributed by atoms with van der Waals surface area (Å²) in [6, 6.07) is 6.33. The maximum Gasteiger partial charge on any atom is 0.142 e.